The molecule has 3 heteroatoms. The highest BCUT2D eigenvalue weighted by atomic mass is 16.5. The summed E-state index contributed by atoms with van der Waals surface area (Å²) >= 11 is 0. The Kier molecular flexibility index (Phi) is 5.26. The fourth-order valence-corrected chi connectivity index (χ4v) is 3.98. The number of aromatic nitrogens is 1. The molecule has 1 aromatic heterocycles. The monoisotopic (exact) mass is 288 g/mol. The van der Waals surface area contributed by atoms with Crippen molar-refractivity contribution in [3.05, 3.63) is 29.6 Å². The van der Waals surface area contributed by atoms with Gasteiger partial charge < -0.3 is 10.1 Å². The molecule has 1 aromatic rings. The van der Waals surface area contributed by atoms with Crippen LogP contribution in [-0.4, -0.2) is 30.3 Å². The van der Waals surface area contributed by atoms with E-state index in [0.717, 1.165) is 13.2 Å². The van der Waals surface area contributed by atoms with Crippen molar-refractivity contribution in [3.8, 4) is 0 Å². The van der Waals surface area contributed by atoms with Crippen molar-refractivity contribution in [2.75, 3.05) is 13.2 Å². The van der Waals surface area contributed by atoms with Crippen LogP contribution in [0.25, 0.3) is 0 Å². The van der Waals surface area contributed by atoms with E-state index in [1.165, 1.54) is 56.2 Å². The molecule has 3 atom stereocenters. The summed E-state index contributed by atoms with van der Waals surface area (Å²) in [7, 11) is 0. The van der Waals surface area contributed by atoms with Gasteiger partial charge in [-0.2, -0.15) is 0 Å². The van der Waals surface area contributed by atoms with E-state index < -0.39 is 0 Å². The molecule has 0 aromatic carbocycles. The molecule has 0 spiro atoms. The molecule has 3 rings (SSSR count). The van der Waals surface area contributed by atoms with Gasteiger partial charge in [-0.25, -0.2) is 0 Å². The van der Waals surface area contributed by atoms with Gasteiger partial charge >= 0.3 is 0 Å². The predicted octanol–water partition coefficient (Wildman–Crippen LogP) is 3.44. The first-order valence-corrected chi connectivity index (χ1v) is 8.67. The Balaban J connectivity index is 1.68. The highest BCUT2D eigenvalue weighted by Crippen LogP contribution is 2.34. The highest BCUT2D eigenvalue weighted by molar-refractivity contribution is 5.27. The summed E-state index contributed by atoms with van der Waals surface area (Å²) in [6, 6.07) is 4.89. The van der Waals surface area contributed by atoms with Gasteiger partial charge in [0.05, 0.1) is 6.10 Å². The molecule has 116 valence electrons. The third-order valence-corrected chi connectivity index (χ3v) is 5.01. The number of fused-ring (bicyclic) bond motifs is 1. The van der Waals surface area contributed by atoms with E-state index in [1.807, 2.05) is 6.20 Å². The fourth-order valence-electron chi connectivity index (χ4n) is 3.98. The maximum atomic E-state index is 5.79. The molecule has 1 fully saturated rings. The third-order valence-electron chi connectivity index (χ3n) is 5.01. The van der Waals surface area contributed by atoms with E-state index in [0.29, 0.717) is 18.1 Å². The molecule has 1 N–H and O–H groups in total. The summed E-state index contributed by atoms with van der Waals surface area (Å²) in [5.41, 5.74) is 2.82. The van der Waals surface area contributed by atoms with Crippen molar-refractivity contribution < 1.29 is 4.74 Å². The number of hydrogen-bond donors (Lipinski definition) is 1. The van der Waals surface area contributed by atoms with Gasteiger partial charge in [-0.3, -0.25) is 4.98 Å². The second-order valence-electron chi connectivity index (χ2n) is 6.42. The summed E-state index contributed by atoms with van der Waals surface area (Å²) in [6.45, 7) is 4.21. The average Bonchev–Trinajstić information content (AvgIpc) is 3.04. The SMILES string of the molecule is CCNC(CCC1CCCO1)C1CCCc2cccnc21. The number of rotatable bonds is 6. The zero-order valence-corrected chi connectivity index (χ0v) is 13.2. The lowest BCUT2D eigenvalue weighted by Gasteiger charge is -2.32. The largest absolute Gasteiger partial charge is 0.378 e. The molecule has 0 saturated carbocycles. The van der Waals surface area contributed by atoms with Gasteiger partial charge in [0.15, 0.2) is 0 Å². The van der Waals surface area contributed by atoms with Gasteiger partial charge in [-0.1, -0.05) is 13.0 Å². The van der Waals surface area contributed by atoms with Gasteiger partial charge in [-0.15, -0.1) is 0 Å². The first-order chi connectivity index (χ1) is 10.4. The van der Waals surface area contributed by atoms with Crippen LogP contribution in [0, 0.1) is 0 Å². The number of hydrogen-bond acceptors (Lipinski definition) is 3. The maximum absolute atomic E-state index is 5.79. The number of pyridine rings is 1. The minimum atomic E-state index is 0.498. The summed E-state index contributed by atoms with van der Waals surface area (Å²) in [4.78, 5) is 4.71. The molecule has 21 heavy (non-hydrogen) atoms. The molecule has 2 heterocycles. The van der Waals surface area contributed by atoms with Crippen LogP contribution in [0.3, 0.4) is 0 Å². The van der Waals surface area contributed by atoms with Gasteiger partial charge in [0, 0.05) is 30.5 Å². The van der Waals surface area contributed by atoms with E-state index in [9.17, 15) is 0 Å². The van der Waals surface area contributed by atoms with Gasteiger partial charge in [0.2, 0.25) is 0 Å². The summed E-state index contributed by atoms with van der Waals surface area (Å²) in [5, 5.41) is 3.72. The summed E-state index contributed by atoms with van der Waals surface area (Å²) in [6.07, 6.45) is 11.1. The van der Waals surface area contributed by atoms with Gasteiger partial charge in [0.25, 0.3) is 0 Å². The molecule has 0 radical (unpaired) electrons. The molecule has 2 aliphatic rings. The Morgan fingerprint density at radius 1 is 1.38 bits per heavy atom. The molecule has 0 amide bonds. The van der Waals surface area contributed by atoms with Crippen molar-refractivity contribution >= 4 is 0 Å². The smallest absolute Gasteiger partial charge is 0.0576 e. The van der Waals surface area contributed by atoms with Crippen LogP contribution >= 0.6 is 0 Å². The highest BCUT2D eigenvalue weighted by Gasteiger charge is 2.29. The average molecular weight is 288 g/mol. The lowest BCUT2D eigenvalue weighted by molar-refractivity contribution is 0.0982. The molecule has 1 aliphatic carbocycles. The first-order valence-electron chi connectivity index (χ1n) is 8.67. The zero-order chi connectivity index (χ0) is 14.5. The van der Waals surface area contributed by atoms with Gasteiger partial charge in [0.1, 0.15) is 0 Å². The predicted molar refractivity (Wildman–Crippen MR) is 85.6 cm³/mol. The van der Waals surface area contributed by atoms with E-state index in [1.54, 1.807) is 0 Å². The minimum absolute atomic E-state index is 0.498. The Bertz CT molecular complexity index is 443. The number of aryl methyl sites for hydroxylation is 1. The van der Waals surface area contributed by atoms with E-state index in [2.05, 4.69) is 24.4 Å². The fraction of sp³-hybridized carbons (Fsp3) is 0.722. The Labute approximate surface area is 128 Å². The molecular weight excluding hydrogens is 260 g/mol. The molecule has 0 bridgehead atoms. The lowest BCUT2D eigenvalue weighted by atomic mass is 9.80. The zero-order valence-electron chi connectivity index (χ0n) is 13.2. The first kappa shape index (κ1) is 15.0. The van der Waals surface area contributed by atoms with Crippen molar-refractivity contribution in [2.45, 2.75) is 69.9 Å². The summed E-state index contributed by atoms with van der Waals surface area (Å²) < 4.78 is 5.79. The Hall–Kier alpha value is -0.930. The number of ether oxygens (including phenoxy) is 1. The summed E-state index contributed by atoms with van der Waals surface area (Å²) in [5.74, 6) is 0.580. The van der Waals surface area contributed by atoms with Crippen LogP contribution in [0.2, 0.25) is 0 Å². The van der Waals surface area contributed by atoms with Crippen molar-refractivity contribution in [1.29, 1.82) is 0 Å². The standard InChI is InChI=1S/C18H28N2O/c1-2-19-17(11-10-15-8-5-13-21-15)16-9-3-6-14-7-4-12-20-18(14)16/h4,7,12,15-17,19H,2-3,5-6,8-11,13H2,1H3. The number of likely N-dealkylation sites (N-methyl/N-ethyl adjacent to an activating group) is 1. The molecule has 3 unspecified atom stereocenters. The second kappa shape index (κ2) is 7.37. The van der Waals surface area contributed by atoms with Crippen LogP contribution in [-0.2, 0) is 11.2 Å². The maximum Gasteiger partial charge on any atom is 0.0576 e. The van der Waals surface area contributed by atoms with Crippen molar-refractivity contribution in [3.63, 3.8) is 0 Å². The second-order valence-corrected chi connectivity index (χ2v) is 6.42. The van der Waals surface area contributed by atoms with Crippen molar-refractivity contribution in [1.82, 2.24) is 10.3 Å². The molecule has 1 aliphatic heterocycles. The Morgan fingerprint density at radius 3 is 3.14 bits per heavy atom. The van der Waals surface area contributed by atoms with Crippen LogP contribution in [0.15, 0.2) is 18.3 Å². The molecule has 1 saturated heterocycles. The van der Waals surface area contributed by atoms with Crippen LogP contribution in [0.4, 0.5) is 0 Å². The normalized spacial score (nSPS) is 26.5. The van der Waals surface area contributed by atoms with Crippen LogP contribution in [0.5, 0.6) is 0 Å². The third kappa shape index (κ3) is 3.64. The van der Waals surface area contributed by atoms with Crippen LogP contribution in [0.1, 0.15) is 62.6 Å². The van der Waals surface area contributed by atoms with E-state index >= 15 is 0 Å². The van der Waals surface area contributed by atoms with Crippen LogP contribution < -0.4 is 5.32 Å². The van der Waals surface area contributed by atoms with E-state index in [-0.39, 0.29) is 0 Å². The molecule has 3 nitrogen and oxygen atoms in total. The Morgan fingerprint density at radius 2 is 2.33 bits per heavy atom. The van der Waals surface area contributed by atoms with E-state index in [4.69, 9.17) is 9.72 Å². The topological polar surface area (TPSA) is 34.1 Å². The minimum Gasteiger partial charge on any atom is -0.378 e. The number of nitrogens with zero attached hydrogens (tertiary/aromatic N) is 1. The quantitative estimate of drug-likeness (QED) is 0.870. The number of nitrogens with one attached hydrogen (secondary N) is 1. The molecular formula is C18H28N2O. The van der Waals surface area contributed by atoms with Crippen molar-refractivity contribution in [2.24, 2.45) is 0 Å². The lowest BCUT2D eigenvalue weighted by Crippen LogP contribution is -2.37. The van der Waals surface area contributed by atoms with Gasteiger partial charge in [-0.05, 0) is 63.1 Å².